The van der Waals surface area contributed by atoms with Gasteiger partial charge in [0.25, 0.3) is 22.7 Å². The number of hydrogen-bond acceptors (Lipinski definition) is 10. The Kier molecular flexibility index (Phi) is 7.38. The first-order valence-electron chi connectivity index (χ1n) is 11.2. The lowest BCUT2D eigenvalue weighted by atomic mass is 10.0. The average Bonchev–Trinajstić information content (AvgIpc) is 2.90. The SMILES string of the molecule is O=[N+]([O-])c1ccc(Nc2ccc(Cc3ccc(Nc4ccc([N+](=O)[O-])cc4[N+](=O)[O-])cc3)cc2)c([N+](=O)[O-])c1. The first kappa shape index (κ1) is 26.2. The zero-order valence-corrected chi connectivity index (χ0v) is 19.8. The molecule has 0 aromatic heterocycles. The first-order valence-corrected chi connectivity index (χ1v) is 11.2. The summed E-state index contributed by atoms with van der Waals surface area (Å²) in [4.78, 5) is 41.7. The zero-order chi connectivity index (χ0) is 28.1. The molecule has 2 N–H and O–H groups in total. The molecule has 0 bridgehead atoms. The van der Waals surface area contributed by atoms with Crippen LogP contribution in [0.1, 0.15) is 11.1 Å². The van der Waals surface area contributed by atoms with E-state index < -0.39 is 31.1 Å². The standard InChI is InChI=1S/C25H18N6O8/c32-28(33)20-9-11-22(24(14-20)30(36)37)26-18-5-1-16(2-6-18)13-17-3-7-19(8-4-17)27-23-12-10-21(29(34)35)15-25(23)31(38)39/h1-12,14-15,26-27H,13H2. The van der Waals surface area contributed by atoms with Gasteiger partial charge in [-0.3, -0.25) is 40.5 Å². The Morgan fingerprint density at radius 1 is 0.487 bits per heavy atom. The molecule has 0 heterocycles. The van der Waals surface area contributed by atoms with Crippen LogP contribution in [-0.4, -0.2) is 19.7 Å². The second kappa shape index (κ2) is 11.0. The number of nitrogens with zero attached hydrogens (tertiary/aromatic N) is 4. The van der Waals surface area contributed by atoms with Crippen LogP contribution < -0.4 is 10.6 Å². The maximum atomic E-state index is 11.3. The molecule has 0 atom stereocenters. The van der Waals surface area contributed by atoms with Crippen LogP contribution in [0.2, 0.25) is 0 Å². The third-order valence-corrected chi connectivity index (χ3v) is 5.65. The summed E-state index contributed by atoms with van der Waals surface area (Å²) in [6.07, 6.45) is 0.552. The van der Waals surface area contributed by atoms with Crippen LogP contribution in [0.25, 0.3) is 0 Å². The van der Waals surface area contributed by atoms with Gasteiger partial charge in [0.05, 0.1) is 31.8 Å². The molecule has 39 heavy (non-hydrogen) atoms. The second-order valence-electron chi connectivity index (χ2n) is 8.25. The molecular formula is C25H18N6O8. The van der Waals surface area contributed by atoms with E-state index in [1.807, 2.05) is 24.3 Å². The molecule has 0 saturated carbocycles. The minimum Gasteiger partial charge on any atom is -0.350 e. The number of hydrogen-bond donors (Lipinski definition) is 2. The van der Waals surface area contributed by atoms with Crippen molar-refractivity contribution < 1.29 is 19.7 Å². The predicted molar refractivity (Wildman–Crippen MR) is 142 cm³/mol. The molecule has 196 valence electrons. The summed E-state index contributed by atoms with van der Waals surface area (Å²) in [7, 11) is 0. The molecule has 0 aliphatic rings. The van der Waals surface area contributed by atoms with Gasteiger partial charge >= 0.3 is 0 Å². The Morgan fingerprint density at radius 3 is 1.15 bits per heavy atom. The summed E-state index contributed by atoms with van der Waals surface area (Å²) in [6, 6.07) is 20.9. The molecule has 0 amide bonds. The molecule has 0 radical (unpaired) electrons. The van der Waals surface area contributed by atoms with Crippen LogP contribution >= 0.6 is 0 Å². The van der Waals surface area contributed by atoms with Gasteiger partial charge in [-0.05, 0) is 53.9 Å². The number of rotatable bonds is 10. The van der Waals surface area contributed by atoms with Gasteiger partial charge < -0.3 is 10.6 Å². The Labute approximate surface area is 219 Å². The molecule has 0 aliphatic carbocycles. The van der Waals surface area contributed by atoms with Crippen molar-refractivity contribution in [1.82, 2.24) is 0 Å². The highest BCUT2D eigenvalue weighted by atomic mass is 16.6. The Bertz CT molecular complexity index is 1470. The lowest BCUT2D eigenvalue weighted by Gasteiger charge is -2.10. The number of non-ortho nitro benzene ring substituents is 2. The van der Waals surface area contributed by atoms with Crippen molar-refractivity contribution in [1.29, 1.82) is 0 Å². The summed E-state index contributed by atoms with van der Waals surface area (Å²) in [5.74, 6) is 0. The summed E-state index contributed by atoms with van der Waals surface area (Å²) >= 11 is 0. The maximum Gasteiger partial charge on any atom is 0.299 e. The highest BCUT2D eigenvalue weighted by Crippen LogP contribution is 2.33. The number of nitrogens with one attached hydrogen (secondary N) is 2. The van der Waals surface area contributed by atoms with E-state index in [-0.39, 0.29) is 22.7 Å². The average molecular weight is 530 g/mol. The van der Waals surface area contributed by atoms with E-state index in [2.05, 4.69) is 10.6 Å². The van der Waals surface area contributed by atoms with E-state index in [9.17, 15) is 40.5 Å². The topological polar surface area (TPSA) is 197 Å². The van der Waals surface area contributed by atoms with Crippen molar-refractivity contribution in [3.05, 3.63) is 137 Å². The largest absolute Gasteiger partial charge is 0.350 e. The predicted octanol–water partition coefficient (Wildman–Crippen LogP) is 6.40. The molecule has 4 aromatic rings. The van der Waals surface area contributed by atoms with Crippen molar-refractivity contribution >= 4 is 45.5 Å². The molecule has 4 rings (SSSR count). The Morgan fingerprint density at radius 2 is 0.846 bits per heavy atom. The van der Waals surface area contributed by atoms with Gasteiger partial charge in [0.1, 0.15) is 11.4 Å². The van der Waals surface area contributed by atoms with Crippen molar-refractivity contribution in [2.45, 2.75) is 6.42 Å². The molecule has 0 spiro atoms. The minimum atomic E-state index is -0.701. The van der Waals surface area contributed by atoms with E-state index in [4.69, 9.17) is 0 Å². The fraction of sp³-hybridized carbons (Fsp3) is 0.0400. The Hall–Kier alpha value is -5.92. The smallest absolute Gasteiger partial charge is 0.299 e. The van der Waals surface area contributed by atoms with E-state index in [0.29, 0.717) is 17.8 Å². The van der Waals surface area contributed by atoms with Crippen molar-refractivity contribution in [3.63, 3.8) is 0 Å². The summed E-state index contributed by atoms with van der Waals surface area (Å²) < 4.78 is 0. The van der Waals surface area contributed by atoms with Crippen LogP contribution in [0.5, 0.6) is 0 Å². The van der Waals surface area contributed by atoms with E-state index in [0.717, 1.165) is 23.3 Å². The molecule has 4 aromatic carbocycles. The van der Waals surface area contributed by atoms with Gasteiger partial charge in [-0.15, -0.1) is 0 Å². The number of benzene rings is 4. The molecule has 0 unspecified atom stereocenters. The quantitative estimate of drug-likeness (QED) is 0.171. The summed E-state index contributed by atoms with van der Waals surface area (Å²) in [6.45, 7) is 0. The van der Waals surface area contributed by atoms with E-state index >= 15 is 0 Å². The zero-order valence-electron chi connectivity index (χ0n) is 19.8. The van der Waals surface area contributed by atoms with Crippen molar-refractivity contribution in [2.24, 2.45) is 0 Å². The molecule has 0 aliphatic heterocycles. The number of anilines is 4. The lowest BCUT2D eigenvalue weighted by molar-refractivity contribution is -0.393. The minimum absolute atomic E-state index is 0.120. The summed E-state index contributed by atoms with van der Waals surface area (Å²) in [5.41, 5.74) is 1.63. The van der Waals surface area contributed by atoms with E-state index in [1.54, 1.807) is 24.3 Å². The van der Waals surface area contributed by atoms with Crippen molar-refractivity contribution in [3.8, 4) is 0 Å². The van der Waals surface area contributed by atoms with Crippen molar-refractivity contribution in [2.75, 3.05) is 10.6 Å². The molecular weight excluding hydrogens is 512 g/mol. The normalized spacial score (nSPS) is 10.5. The molecule has 14 heteroatoms. The molecule has 14 nitrogen and oxygen atoms in total. The van der Waals surface area contributed by atoms with Crippen LogP contribution in [0, 0.1) is 40.5 Å². The van der Waals surface area contributed by atoms with Crippen LogP contribution in [0.3, 0.4) is 0 Å². The molecule has 0 fully saturated rings. The fourth-order valence-electron chi connectivity index (χ4n) is 3.74. The highest BCUT2D eigenvalue weighted by molar-refractivity contribution is 5.73. The monoisotopic (exact) mass is 530 g/mol. The third-order valence-electron chi connectivity index (χ3n) is 5.65. The lowest BCUT2D eigenvalue weighted by Crippen LogP contribution is -1.99. The van der Waals surface area contributed by atoms with Gasteiger partial charge in [0.15, 0.2) is 0 Å². The second-order valence-corrected chi connectivity index (χ2v) is 8.25. The van der Waals surface area contributed by atoms with Gasteiger partial charge in [0, 0.05) is 23.5 Å². The summed E-state index contributed by atoms with van der Waals surface area (Å²) in [5, 5.41) is 50.3. The molecule has 0 saturated heterocycles. The van der Waals surface area contributed by atoms with Gasteiger partial charge in [0.2, 0.25) is 0 Å². The highest BCUT2D eigenvalue weighted by Gasteiger charge is 2.20. The maximum absolute atomic E-state index is 11.3. The van der Waals surface area contributed by atoms with Crippen LogP contribution in [0.15, 0.2) is 84.9 Å². The fourth-order valence-corrected chi connectivity index (χ4v) is 3.74. The number of nitro groups is 4. The van der Waals surface area contributed by atoms with Crippen LogP contribution in [-0.2, 0) is 6.42 Å². The van der Waals surface area contributed by atoms with Gasteiger partial charge in [-0.2, -0.15) is 0 Å². The first-order chi connectivity index (χ1) is 18.6. The van der Waals surface area contributed by atoms with Crippen LogP contribution in [0.4, 0.5) is 45.5 Å². The van der Waals surface area contributed by atoms with Gasteiger partial charge in [-0.1, -0.05) is 24.3 Å². The number of nitro benzene ring substituents is 4. The van der Waals surface area contributed by atoms with Gasteiger partial charge in [-0.25, -0.2) is 0 Å². The third kappa shape index (κ3) is 6.26. The van der Waals surface area contributed by atoms with E-state index in [1.165, 1.54) is 24.3 Å². The Balaban J connectivity index is 1.43.